The summed E-state index contributed by atoms with van der Waals surface area (Å²) < 4.78 is 10.9. The van der Waals surface area contributed by atoms with Crippen LogP contribution >= 0.6 is 0 Å². The van der Waals surface area contributed by atoms with Crippen LogP contribution < -0.4 is 10.5 Å². The highest BCUT2D eigenvalue weighted by atomic mass is 16.5. The smallest absolute Gasteiger partial charge is 0.286 e. The maximum atomic E-state index is 11.0. The molecular formula is C19H18N2O4. The first-order valence-corrected chi connectivity index (χ1v) is 7.87. The van der Waals surface area contributed by atoms with Gasteiger partial charge in [-0.2, -0.15) is 0 Å². The summed E-state index contributed by atoms with van der Waals surface area (Å²) in [6, 6.07) is 17.2. The average Bonchev–Trinajstić information content (AvgIpc) is 3.12. The zero-order valence-corrected chi connectivity index (χ0v) is 13.5. The molecule has 1 aromatic heterocycles. The highest BCUT2D eigenvalue weighted by molar-refractivity contribution is 5.89. The lowest BCUT2D eigenvalue weighted by Crippen LogP contribution is -2.09. The number of aliphatic hydroxyl groups excluding tert-OH is 1. The third kappa shape index (κ3) is 4.45. The van der Waals surface area contributed by atoms with Crippen LogP contribution in [0.4, 0.5) is 0 Å². The zero-order chi connectivity index (χ0) is 17.6. The van der Waals surface area contributed by atoms with Gasteiger partial charge in [0.15, 0.2) is 0 Å². The number of aromatic nitrogens is 1. The molecule has 0 spiro atoms. The summed E-state index contributed by atoms with van der Waals surface area (Å²) in [6.45, 7) is 0. The van der Waals surface area contributed by atoms with Crippen molar-refractivity contribution in [2.75, 3.05) is 0 Å². The SMILES string of the molecule is NC(=O)c1cnc(C(O)CCc2ccc(Oc3ccccc3)cc2)o1. The van der Waals surface area contributed by atoms with Crippen molar-refractivity contribution < 1.29 is 19.1 Å². The van der Waals surface area contributed by atoms with E-state index in [-0.39, 0.29) is 11.7 Å². The van der Waals surface area contributed by atoms with Crippen molar-refractivity contribution in [1.29, 1.82) is 0 Å². The van der Waals surface area contributed by atoms with E-state index in [1.807, 2.05) is 54.6 Å². The van der Waals surface area contributed by atoms with Gasteiger partial charge >= 0.3 is 0 Å². The maximum Gasteiger partial charge on any atom is 0.286 e. The summed E-state index contributed by atoms with van der Waals surface area (Å²) in [6.07, 6.45) is 1.36. The number of aliphatic hydroxyl groups is 1. The molecule has 128 valence electrons. The standard InChI is InChI=1S/C19H18N2O4/c20-18(23)17-12-21-19(25-17)16(22)11-8-13-6-9-15(10-7-13)24-14-4-2-1-3-5-14/h1-7,9-10,12,16,22H,8,11H2,(H2,20,23). The summed E-state index contributed by atoms with van der Waals surface area (Å²) in [4.78, 5) is 14.8. The van der Waals surface area contributed by atoms with Gasteiger partial charge in [0, 0.05) is 0 Å². The van der Waals surface area contributed by atoms with E-state index in [9.17, 15) is 9.90 Å². The number of nitrogens with two attached hydrogens (primary N) is 1. The van der Waals surface area contributed by atoms with Crippen molar-refractivity contribution >= 4 is 5.91 Å². The van der Waals surface area contributed by atoms with E-state index in [0.29, 0.717) is 12.8 Å². The first-order chi connectivity index (χ1) is 12.1. The molecule has 1 atom stereocenters. The van der Waals surface area contributed by atoms with Crippen LogP contribution in [0.15, 0.2) is 65.2 Å². The fraction of sp³-hybridized carbons (Fsp3) is 0.158. The van der Waals surface area contributed by atoms with Crippen molar-refractivity contribution in [3.05, 3.63) is 78.0 Å². The highest BCUT2D eigenvalue weighted by Gasteiger charge is 2.16. The fourth-order valence-corrected chi connectivity index (χ4v) is 2.33. The zero-order valence-electron chi connectivity index (χ0n) is 13.5. The molecule has 3 N–H and O–H groups in total. The Bertz CT molecular complexity index is 828. The number of aryl methyl sites for hydroxylation is 1. The minimum atomic E-state index is -0.895. The molecule has 1 heterocycles. The van der Waals surface area contributed by atoms with Crippen LogP contribution in [-0.4, -0.2) is 16.0 Å². The Morgan fingerprint density at radius 2 is 1.80 bits per heavy atom. The second kappa shape index (κ2) is 7.63. The van der Waals surface area contributed by atoms with Crippen molar-refractivity contribution in [2.45, 2.75) is 18.9 Å². The number of oxazole rings is 1. The van der Waals surface area contributed by atoms with Crippen LogP contribution in [0.25, 0.3) is 0 Å². The lowest BCUT2D eigenvalue weighted by atomic mass is 10.1. The minimum absolute atomic E-state index is 0.0588. The van der Waals surface area contributed by atoms with E-state index >= 15 is 0 Å². The Balaban J connectivity index is 1.55. The fourth-order valence-electron chi connectivity index (χ4n) is 2.33. The maximum absolute atomic E-state index is 11.0. The van der Waals surface area contributed by atoms with E-state index in [1.54, 1.807) is 0 Å². The van der Waals surface area contributed by atoms with Gasteiger partial charge in [-0.25, -0.2) is 4.98 Å². The van der Waals surface area contributed by atoms with Gasteiger partial charge in [0.2, 0.25) is 11.7 Å². The summed E-state index contributed by atoms with van der Waals surface area (Å²) in [5, 5.41) is 10.1. The molecule has 1 unspecified atom stereocenters. The predicted octanol–water partition coefficient (Wildman–Crippen LogP) is 3.23. The molecule has 0 fully saturated rings. The van der Waals surface area contributed by atoms with Gasteiger partial charge in [-0.1, -0.05) is 30.3 Å². The number of rotatable bonds is 7. The van der Waals surface area contributed by atoms with Crippen molar-refractivity contribution in [3.63, 3.8) is 0 Å². The Kier molecular flexibility index (Phi) is 5.11. The molecule has 0 radical (unpaired) electrons. The second-order valence-electron chi connectivity index (χ2n) is 5.54. The van der Waals surface area contributed by atoms with Gasteiger partial charge in [0.1, 0.15) is 17.6 Å². The summed E-state index contributed by atoms with van der Waals surface area (Å²) >= 11 is 0. The number of primary amides is 1. The lowest BCUT2D eigenvalue weighted by Gasteiger charge is -2.08. The van der Waals surface area contributed by atoms with Gasteiger partial charge in [-0.15, -0.1) is 0 Å². The molecule has 6 heteroatoms. The Morgan fingerprint density at radius 3 is 2.44 bits per heavy atom. The Labute approximate surface area is 144 Å². The van der Waals surface area contributed by atoms with Crippen molar-refractivity contribution in [3.8, 4) is 11.5 Å². The summed E-state index contributed by atoms with van der Waals surface area (Å²) in [7, 11) is 0. The van der Waals surface area contributed by atoms with E-state index < -0.39 is 12.0 Å². The molecule has 0 saturated heterocycles. The van der Waals surface area contributed by atoms with Gasteiger partial charge < -0.3 is 20.0 Å². The third-order valence-corrected chi connectivity index (χ3v) is 3.66. The second-order valence-corrected chi connectivity index (χ2v) is 5.54. The van der Waals surface area contributed by atoms with Gasteiger partial charge in [-0.3, -0.25) is 4.79 Å². The van der Waals surface area contributed by atoms with Crippen LogP contribution in [0.2, 0.25) is 0 Å². The van der Waals surface area contributed by atoms with E-state index in [0.717, 1.165) is 17.1 Å². The number of carbonyl (C=O) groups is 1. The summed E-state index contributed by atoms with van der Waals surface area (Å²) in [5.74, 6) is 0.850. The van der Waals surface area contributed by atoms with E-state index in [1.165, 1.54) is 6.20 Å². The number of benzene rings is 2. The normalized spacial score (nSPS) is 11.9. The number of ether oxygens (including phenoxy) is 1. The quantitative estimate of drug-likeness (QED) is 0.689. The van der Waals surface area contributed by atoms with Crippen LogP contribution in [0.5, 0.6) is 11.5 Å². The highest BCUT2D eigenvalue weighted by Crippen LogP contribution is 2.23. The van der Waals surface area contributed by atoms with Crippen LogP contribution in [0.3, 0.4) is 0 Å². The number of carbonyl (C=O) groups excluding carboxylic acids is 1. The monoisotopic (exact) mass is 338 g/mol. The first kappa shape index (κ1) is 16.7. The molecule has 25 heavy (non-hydrogen) atoms. The predicted molar refractivity (Wildman–Crippen MR) is 91.3 cm³/mol. The Morgan fingerprint density at radius 1 is 1.12 bits per heavy atom. The van der Waals surface area contributed by atoms with Crippen LogP contribution in [-0.2, 0) is 6.42 Å². The number of nitrogens with zero attached hydrogens (tertiary/aromatic N) is 1. The number of para-hydroxylation sites is 1. The topological polar surface area (TPSA) is 98.6 Å². The van der Waals surface area contributed by atoms with Gasteiger partial charge in [0.05, 0.1) is 6.20 Å². The minimum Gasteiger partial charge on any atom is -0.457 e. The molecule has 6 nitrogen and oxygen atoms in total. The Hall–Kier alpha value is -3.12. The molecule has 2 aromatic carbocycles. The molecular weight excluding hydrogens is 320 g/mol. The molecule has 3 aromatic rings. The summed E-state index contributed by atoms with van der Waals surface area (Å²) in [5.41, 5.74) is 6.14. The number of hydrogen-bond donors (Lipinski definition) is 2. The lowest BCUT2D eigenvalue weighted by molar-refractivity contribution is 0.0954. The number of amides is 1. The molecule has 0 bridgehead atoms. The molecule has 3 rings (SSSR count). The molecule has 0 aliphatic carbocycles. The van der Waals surface area contributed by atoms with E-state index in [4.69, 9.17) is 14.9 Å². The van der Waals surface area contributed by atoms with Crippen molar-refractivity contribution in [1.82, 2.24) is 4.98 Å². The van der Waals surface area contributed by atoms with Gasteiger partial charge in [0.25, 0.3) is 5.91 Å². The largest absolute Gasteiger partial charge is 0.457 e. The molecule has 1 amide bonds. The van der Waals surface area contributed by atoms with Crippen LogP contribution in [0, 0.1) is 0 Å². The average molecular weight is 338 g/mol. The van der Waals surface area contributed by atoms with Crippen molar-refractivity contribution in [2.24, 2.45) is 5.73 Å². The first-order valence-electron chi connectivity index (χ1n) is 7.87. The molecule has 0 aliphatic rings. The molecule has 0 aliphatic heterocycles. The van der Waals surface area contributed by atoms with Gasteiger partial charge in [-0.05, 0) is 42.7 Å². The third-order valence-electron chi connectivity index (χ3n) is 3.66. The van der Waals surface area contributed by atoms with Crippen LogP contribution in [0.1, 0.15) is 34.5 Å². The van der Waals surface area contributed by atoms with E-state index in [2.05, 4.69) is 4.98 Å². The molecule has 0 saturated carbocycles. The number of hydrogen-bond acceptors (Lipinski definition) is 5.